The van der Waals surface area contributed by atoms with Gasteiger partial charge in [-0.3, -0.25) is 14.5 Å². The SMILES string of the molecule is CN1C(=O)C(c2cccs2)=C(N(C)c2ccccc2)C1=O. The molecule has 4 nitrogen and oxygen atoms in total. The van der Waals surface area contributed by atoms with Crippen molar-refractivity contribution in [3.63, 3.8) is 0 Å². The van der Waals surface area contributed by atoms with Gasteiger partial charge in [0.05, 0.1) is 5.57 Å². The molecule has 106 valence electrons. The fourth-order valence-electron chi connectivity index (χ4n) is 2.36. The number of benzene rings is 1. The summed E-state index contributed by atoms with van der Waals surface area (Å²) in [5.74, 6) is -0.519. The van der Waals surface area contributed by atoms with Crippen molar-refractivity contribution >= 4 is 34.4 Å². The van der Waals surface area contributed by atoms with E-state index in [1.54, 1.807) is 4.90 Å². The standard InChI is InChI=1S/C16H14N2O2S/c1-17(11-7-4-3-5-8-11)14-13(12-9-6-10-21-12)15(19)18(2)16(14)20/h3-10H,1-2H3. The van der Waals surface area contributed by atoms with Gasteiger partial charge < -0.3 is 4.90 Å². The number of likely N-dealkylation sites (N-methyl/N-ethyl adjacent to an activating group) is 2. The first-order chi connectivity index (χ1) is 10.1. The molecule has 0 fully saturated rings. The van der Waals surface area contributed by atoms with E-state index in [2.05, 4.69) is 0 Å². The molecule has 2 heterocycles. The van der Waals surface area contributed by atoms with Gasteiger partial charge in [-0.1, -0.05) is 24.3 Å². The Morgan fingerprint density at radius 1 is 1.00 bits per heavy atom. The van der Waals surface area contributed by atoms with Crippen LogP contribution in [0.1, 0.15) is 4.88 Å². The monoisotopic (exact) mass is 298 g/mol. The van der Waals surface area contributed by atoms with Gasteiger partial charge in [-0.05, 0) is 23.6 Å². The summed E-state index contributed by atoms with van der Waals surface area (Å²) in [6, 6.07) is 13.3. The van der Waals surface area contributed by atoms with Crippen LogP contribution in [0, 0.1) is 0 Å². The molecule has 0 saturated carbocycles. The maximum absolute atomic E-state index is 12.4. The molecule has 1 aliphatic heterocycles. The highest BCUT2D eigenvalue weighted by Crippen LogP contribution is 2.34. The van der Waals surface area contributed by atoms with E-state index in [1.807, 2.05) is 54.9 Å². The molecule has 1 aromatic heterocycles. The molecular formula is C16H14N2O2S. The number of imide groups is 1. The van der Waals surface area contributed by atoms with E-state index in [4.69, 9.17) is 0 Å². The molecule has 2 aromatic rings. The van der Waals surface area contributed by atoms with Crippen LogP contribution in [-0.2, 0) is 9.59 Å². The summed E-state index contributed by atoms with van der Waals surface area (Å²) in [7, 11) is 3.33. The summed E-state index contributed by atoms with van der Waals surface area (Å²) >= 11 is 1.46. The molecular weight excluding hydrogens is 284 g/mol. The third-order valence-corrected chi connectivity index (χ3v) is 4.40. The number of anilines is 1. The lowest BCUT2D eigenvalue weighted by Gasteiger charge is -2.20. The molecule has 0 radical (unpaired) electrons. The maximum atomic E-state index is 12.4. The highest BCUT2D eigenvalue weighted by Gasteiger charge is 2.39. The predicted molar refractivity (Wildman–Crippen MR) is 83.9 cm³/mol. The lowest BCUT2D eigenvalue weighted by Crippen LogP contribution is -2.30. The Balaban J connectivity index is 2.15. The Morgan fingerprint density at radius 2 is 1.71 bits per heavy atom. The van der Waals surface area contributed by atoms with Gasteiger partial charge >= 0.3 is 0 Å². The van der Waals surface area contributed by atoms with Crippen molar-refractivity contribution in [3.05, 3.63) is 58.4 Å². The van der Waals surface area contributed by atoms with Gasteiger partial charge in [0.2, 0.25) is 0 Å². The summed E-state index contributed by atoms with van der Waals surface area (Å²) in [6.45, 7) is 0. The number of amides is 2. The zero-order valence-corrected chi connectivity index (χ0v) is 12.6. The lowest BCUT2D eigenvalue weighted by molar-refractivity contribution is -0.135. The van der Waals surface area contributed by atoms with E-state index in [1.165, 1.54) is 23.3 Å². The van der Waals surface area contributed by atoms with Crippen molar-refractivity contribution in [2.24, 2.45) is 0 Å². The number of carbonyl (C=O) groups is 2. The van der Waals surface area contributed by atoms with Crippen molar-refractivity contribution in [3.8, 4) is 0 Å². The Kier molecular flexibility index (Phi) is 3.35. The van der Waals surface area contributed by atoms with Gasteiger partial charge in [0, 0.05) is 24.7 Å². The van der Waals surface area contributed by atoms with E-state index in [9.17, 15) is 9.59 Å². The van der Waals surface area contributed by atoms with Crippen molar-refractivity contribution in [1.29, 1.82) is 0 Å². The molecule has 21 heavy (non-hydrogen) atoms. The van der Waals surface area contributed by atoms with Crippen molar-refractivity contribution in [2.45, 2.75) is 0 Å². The lowest BCUT2D eigenvalue weighted by atomic mass is 10.1. The van der Waals surface area contributed by atoms with Crippen LogP contribution < -0.4 is 4.90 Å². The topological polar surface area (TPSA) is 40.6 Å². The van der Waals surface area contributed by atoms with E-state index in [0.29, 0.717) is 11.3 Å². The van der Waals surface area contributed by atoms with E-state index < -0.39 is 0 Å². The van der Waals surface area contributed by atoms with Gasteiger partial charge in [0.1, 0.15) is 5.70 Å². The van der Waals surface area contributed by atoms with E-state index >= 15 is 0 Å². The molecule has 0 atom stereocenters. The smallest absolute Gasteiger partial charge is 0.277 e. The molecule has 1 aliphatic rings. The first-order valence-electron chi connectivity index (χ1n) is 6.50. The predicted octanol–water partition coefficient (Wildman–Crippen LogP) is 2.59. The van der Waals surface area contributed by atoms with Crippen LogP contribution in [0.15, 0.2) is 53.5 Å². The van der Waals surface area contributed by atoms with Crippen LogP contribution in [0.3, 0.4) is 0 Å². The van der Waals surface area contributed by atoms with Gasteiger partial charge in [0.25, 0.3) is 11.8 Å². The number of para-hydroxylation sites is 1. The average Bonchev–Trinajstić information content (AvgIpc) is 3.10. The van der Waals surface area contributed by atoms with Crippen LogP contribution in [-0.4, -0.2) is 30.8 Å². The second-order valence-electron chi connectivity index (χ2n) is 4.76. The Bertz CT molecular complexity index is 720. The van der Waals surface area contributed by atoms with Crippen molar-refractivity contribution in [2.75, 3.05) is 19.0 Å². The van der Waals surface area contributed by atoms with Gasteiger partial charge in [-0.2, -0.15) is 0 Å². The summed E-state index contributed by atoms with van der Waals surface area (Å²) in [5, 5.41) is 1.90. The molecule has 0 aliphatic carbocycles. The quantitative estimate of drug-likeness (QED) is 0.818. The summed E-state index contributed by atoms with van der Waals surface area (Å²) in [6.07, 6.45) is 0. The number of hydrogen-bond acceptors (Lipinski definition) is 4. The first-order valence-corrected chi connectivity index (χ1v) is 7.38. The van der Waals surface area contributed by atoms with Crippen LogP contribution in [0.5, 0.6) is 0 Å². The van der Waals surface area contributed by atoms with Crippen molar-refractivity contribution < 1.29 is 9.59 Å². The fourth-order valence-corrected chi connectivity index (χ4v) is 3.12. The average molecular weight is 298 g/mol. The minimum atomic E-state index is -0.269. The highest BCUT2D eigenvalue weighted by atomic mass is 32.1. The Morgan fingerprint density at radius 3 is 2.33 bits per heavy atom. The zero-order chi connectivity index (χ0) is 15.0. The molecule has 0 unspecified atom stereocenters. The molecule has 3 rings (SSSR count). The molecule has 0 N–H and O–H groups in total. The summed E-state index contributed by atoms with van der Waals surface area (Å²) < 4.78 is 0. The van der Waals surface area contributed by atoms with Gasteiger partial charge in [0.15, 0.2) is 0 Å². The Labute approximate surface area is 126 Å². The van der Waals surface area contributed by atoms with Crippen LogP contribution >= 0.6 is 11.3 Å². The first kappa shape index (κ1) is 13.6. The minimum absolute atomic E-state index is 0.250. The number of hydrogen-bond donors (Lipinski definition) is 0. The zero-order valence-electron chi connectivity index (χ0n) is 11.7. The molecule has 5 heteroatoms. The largest absolute Gasteiger partial charge is 0.339 e. The van der Waals surface area contributed by atoms with Crippen molar-refractivity contribution in [1.82, 2.24) is 4.90 Å². The second-order valence-corrected chi connectivity index (χ2v) is 5.71. The third kappa shape index (κ3) is 2.15. The molecule has 1 aromatic carbocycles. The normalized spacial score (nSPS) is 15.0. The maximum Gasteiger partial charge on any atom is 0.277 e. The van der Waals surface area contributed by atoms with E-state index in [-0.39, 0.29) is 11.8 Å². The molecule has 0 saturated heterocycles. The number of rotatable bonds is 3. The van der Waals surface area contributed by atoms with Gasteiger partial charge in [-0.15, -0.1) is 11.3 Å². The van der Waals surface area contributed by atoms with E-state index in [0.717, 1.165) is 10.6 Å². The third-order valence-electron chi connectivity index (χ3n) is 3.51. The summed E-state index contributed by atoms with van der Waals surface area (Å²) in [5.41, 5.74) is 1.78. The Hall–Kier alpha value is -2.40. The highest BCUT2D eigenvalue weighted by molar-refractivity contribution is 7.11. The minimum Gasteiger partial charge on any atom is -0.339 e. The van der Waals surface area contributed by atoms with Crippen LogP contribution in [0.25, 0.3) is 5.57 Å². The van der Waals surface area contributed by atoms with Crippen LogP contribution in [0.2, 0.25) is 0 Å². The summed E-state index contributed by atoms with van der Waals surface area (Å²) in [4.78, 5) is 28.6. The molecule has 2 amide bonds. The second kappa shape index (κ2) is 5.18. The number of nitrogens with zero attached hydrogens (tertiary/aromatic N) is 2. The van der Waals surface area contributed by atoms with Gasteiger partial charge in [-0.25, -0.2) is 0 Å². The fraction of sp³-hybridized carbons (Fsp3) is 0.125. The number of carbonyl (C=O) groups excluding carboxylic acids is 2. The molecule has 0 bridgehead atoms. The number of thiophene rings is 1. The molecule has 0 spiro atoms. The van der Waals surface area contributed by atoms with Crippen LogP contribution in [0.4, 0.5) is 5.69 Å².